The molecule has 0 unspecified atom stereocenters. The van der Waals surface area contributed by atoms with Gasteiger partial charge in [-0.25, -0.2) is 0 Å². The number of nitrogens with zero attached hydrogens (tertiary/aromatic N) is 2. The Morgan fingerprint density at radius 2 is 1.89 bits per heavy atom. The molecular formula is C11H18N4O3. The number of carbonyl (C=O) groups is 1. The molecule has 7 nitrogen and oxygen atoms in total. The van der Waals surface area contributed by atoms with Crippen molar-refractivity contribution in [2.24, 2.45) is 0 Å². The van der Waals surface area contributed by atoms with Crippen LogP contribution in [0.5, 0.6) is 11.8 Å². The first-order chi connectivity index (χ1) is 8.69. The van der Waals surface area contributed by atoms with Gasteiger partial charge in [0.1, 0.15) is 0 Å². The Labute approximate surface area is 106 Å². The highest BCUT2D eigenvalue weighted by molar-refractivity contribution is 5.80. The van der Waals surface area contributed by atoms with E-state index in [1.165, 1.54) is 14.2 Å². The summed E-state index contributed by atoms with van der Waals surface area (Å²) in [5.41, 5.74) is 0. The molecule has 0 bridgehead atoms. The fourth-order valence-corrected chi connectivity index (χ4v) is 1.18. The molecule has 7 heteroatoms. The normalized spacial score (nSPS) is 9.72. The molecule has 0 radical (unpaired) electrons. The molecule has 1 aromatic rings. The third-order valence-electron chi connectivity index (χ3n) is 2.08. The zero-order valence-corrected chi connectivity index (χ0v) is 10.8. The van der Waals surface area contributed by atoms with Crippen LogP contribution in [0.1, 0.15) is 13.3 Å². The van der Waals surface area contributed by atoms with Gasteiger partial charge in [-0.05, 0) is 6.42 Å². The Balaban J connectivity index is 2.58. The van der Waals surface area contributed by atoms with Gasteiger partial charge in [-0.3, -0.25) is 4.79 Å². The van der Waals surface area contributed by atoms with Crippen molar-refractivity contribution in [3.8, 4) is 11.8 Å². The lowest BCUT2D eigenvalue weighted by Gasteiger charge is -2.08. The fourth-order valence-electron chi connectivity index (χ4n) is 1.18. The van der Waals surface area contributed by atoms with Gasteiger partial charge in [-0.1, -0.05) is 6.92 Å². The van der Waals surface area contributed by atoms with Crippen LogP contribution in [-0.2, 0) is 4.79 Å². The van der Waals surface area contributed by atoms with Crippen LogP contribution in [0.15, 0.2) is 6.07 Å². The summed E-state index contributed by atoms with van der Waals surface area (Å²) in [5, 5.41) is 5.55. The van der Waals surface area contributed by atoms with Crippen molar-refractivity contribution in [1.82, 2.24) is 15.3 Å². The summed E-state index contributed by atoms with van der Waals surface area (Å²) in [6, 6.07) is 1.56. The monoisotopic (exact) mass is 254 g/mol. The Bertz CT molecular complexity index is 376. The number of hydrogen-bond donors (Lipinski definition) is 2. The van der Waals surface area contributed by atoms with E-state index in [1.54, 1.807) is 6.07 Å². The second-order valence-electron chi connectivity index (χ2n) is 3.48. The molecule has 1 heterocycles. The van der Waals surface area contributed by atoms with E-state index in [4.69, 9.17) is 9.47 Å². The van der Waals surface area contributed by atoms with E-state index in [0.29, 0.717) is 18.3 Å². The molecular weight excluding hydrogens is 236 g/mol. The number of ether oxygens (including phenoxy) is 2. The first kappa shape index (κ1) is 14.0. The molecule has 0 atom stereocenters. The average Bonchev–Trinajstić information content (AvgIpc) is 2.42. The number of methoxy groups -OCH3 is 2. The van der Waals surface area contributed by atoms with E-state index in [2.05, 4.69) is 20.6 Å². The molecule has 0 spiro atoms. The lowest BCUT2D eigenvalue weighted by molar-refractivity contribution is -0.119. The van der Waals surface area contributed by atoms with Crippen LogP contribution >= 0.6 is 0 Å². The van der Waals surface area contributed by atoms with Crippen molar-refractivity contribution < 1.29 is 14.3 Å². The van der Waals surface area contributed by atoms with Crippen molar-refractivity contribution in [3.05, 3.63) is 6.07 Å². The van der Waals surface area contributed by atoms with E-state index in [9.17, 15) is 4.79 Å². The van der Waals surface area contributed by atoms with Gasteiger partial charge in [0.15, 0.2) is 0 Å². The number of anilines is 1. The van der Waals surface area contributed by atoms with Crippen LogP contribution in [0.25, 0.3) is 0 Å². The van der Waals surface area contributed by atoms with Crippen molar-refractivity contribution >= 4 is 11.9 Å². The number of hydrogen-bond acceptors (Lipinski definition) is 6. The fraction of sp³-hybridized carbons (Fsp3) is 0.545. The van der Waals surface area contributed by atoms with Crippen molar-refractivity contribution in [1.29, 1.82) is 0 Å². The van der Waals surface area contributed by atoms with Crippen LogP contribution < -0.4 is 20.1 Å². The van der Waals surface area contributed by atoms with E-state index in [1.807, 2.05) is 6.92 Å². The van der Waals surface area contributed by atoms with Crippen molar-refractivity contribution in [2.75, 3.05) is 32.6 Å². The SMILES string of the molecule is CCCNC(=O)CNc1nc(OC)cc(OC)n1. The number of aromatic nitrogens is 2. The second kappa shape index (κ2) is 7.31. The molecule has 1 rings (SSSR count). The van der Waals surface area contributed by atoms with Gasteiger partial charge < -0.3 is 20.1 Å². The summed E-state index contributed by atoms with van der Waals surface area (Å²) in [7, 11) is 3.00. The highest BCUT2D eigenvalue weighted by Gasteiger charge is 2.06. The van der Waals surface area contributed by atoms with Crippen LogP contribution in [-0.4, -0.2) is 43.2 Å². The van der Waals surface area contributed by atoms with E-state index in [0.717, 1.165) is 6.42 Å². The van der Waals surface area contributed by atoms with Gasteiger partial charge in [0.05, 0.1) is 26.8 Å². The van der Waals surface area contributed by atoms with Crippen molar-refractivity contribution in [3.63, 3.8) is 0 Å². The van der Waals surface area contributed by atoms with Crippen LogP contribution in [0, 0.1) is 0 Å². The summed E-state index contributed by atoms with van der Waals surface area (Å²) in [6.45, 7) is 2.75. The molecule has 0 saturated heterocycles. The van der Waals surface area contributed by atoms with Crippen LogP contribution in [0.3, 0.4) is 0 Å². The summed E-state index contributed by atoms with van der Waals surface area (Å²) in [6.07, 6.45) is 0.898. The van der Waals surface area contributed by atoms with Crippen LogP contribution in [0.4, 0.5) is 5.95 Å². The zero-order valence-electron chi connectivity index (χ0n) is 10.8. The molecule has 1 amide bonds. The van der Waals surface area contributed by atoms with Gasteiger partial charge in [-0.2, -0.15) is 9.97 Å². The molecule has 2 N–H and O–H groups in total. The predicted molar refractivity (Wildman–Crippen MR) is 66.9 cm³/mol. The highest BCUT2D eigenvalue weighted by atomic mass is 16.5. The van der Waals surface area contributed by atoms with Gasteiger partial charge in [0.25, 0.3) is 0 Å². The van der Waals surface area contributed by atoms with Gasteiger partial charge in [0, 0.05) is 6.54 Å². The third-order valence-corrected chi connectivity index (χ3v) is 2.08. The van der Waals surface area contributed by atoms with Crippen molar-refractivity contribution in [2.45, 2.75) is 13.3 Å². The summed E-state index contributed by atoms with van der Waals surface area (Å²) >= 11 is 0. The minimum absolute atomic E-state index is 0.107. The lowest BCUT2D eigenvalue weighted by atomic mass is 10.4. The molecule has 100 valence electrons. The second-order valence-corrected chi connectivity index (χ2v) is 3.48. The third kappa shape index (κ3) is 4.44. The average molecular weight is 254 g/mol. The first-order valence-electron chi connectivity index (χ1n) is 5.67. The Kier molecular flexibility index (Phi) is 5.69. The number of carbonyl (C=O) groups excluding carboxylic acids is 1. The van der Waals surface area contributed by atoms with Gasteiger partial charge in [0.2, 0.25) is 23.6 Å². The molecule has 0 aliphatic rings. The Morgan fingerprint density at radius 3 is 2.39 bits per heavy atom. The zero-order chi connectivity index (χ0) is 13.4. The molecule has 0 saturated carbocycles. The molecule has 0 fully saturated rings. The standard InChI is InChI=1S/C11H18N4O3/c1-4-5-12-8(16)7-13-11-14-9(17-2)6-10(15-11)18-3/h6H,4-5,7H2,1-3H3,(H,12,16)(H,13,14,15). The van der Waals surface area contributed by atoms with E-state index >= 15 is 0 Å². The Hall–Kier alpha value is -2.05. The maximum absolute atomic E-state index is 11.4. The number of amides is 1. The lowest BCUT2D eigenvalue weighted by Crippen LogP contribution is -2.30. The van der Waals surface area contributed by atoms with E-state index < -0.39 is 0 Å². The molecule has 0 aromatic carbocycles. The van der Waals surface area contributed by atoms with E-state index in [-0.39, 0.29) is 18.4 Å². The number of nitrogens with one attached hydrogen (secondary N) is 2. The van der Waals surface area contributed by atoms with Gasteiger partial charge in [-0.15, -0.1) is 0 Å². The minimum Gasteiger partial charge on any atom is -0.481 e. The molecule has 0 aliphatic heterocycles. The van der Waals surface area contributed by atoms with Gasteiger partial charge >= 0.3 is 0 Å². The topological polar surface area (TPSA) is 85.4 Å². The first-order valence-corrected chi connectivity index (χ1v) is 5.67. The Morgan fingerprint density at radius 1 is 1.28 bits per heavy atom. The smallest absolute Gasteiger partial charge is 0.239 e. The molecule has 1 aromatic heterocycles. The summed E-state index contributed by atoms with van der Waals surface area (Å²) < 4.78 is 9.99. The van der Waals surface area contributed by atoms with Crippen LogP contribution in [0.2, 0.25) is 0 Å². The largest absolute Gasteiger partial charge is 0.481 e. The molecule has 0 aliphatic carbocycles. The maximum Gasteiger partial charge on any atom is 0.239 e. The summed E-state index contributed by atoms with van der Waals surface area (Å²) in [4.78, 5) is 19.5. The molecule has 18 heavy (non-hydrogen) atoms. The minimum atomic E-state index is -0.109. The quantitative estimate of drug-likeness (QED) is 0.734. The predicted octanol–water partition coefficient (Wildman–Crippen LogP) is 0.432. The highest BCUT2D eigenvalue weighted by Crippen LogP contribution is 2.16. The number of rotatable bonds is 7. The summed E-state index contributed by atoms with van der Waals surface area (Å²) in [5.74, 6) is 0.928. The maximum atomic E-state index is 11.4.